The van der Waals surface area contributed by atoms with Gasteiger partial charge in [0.1, 0.15) is 11.3 Å². The van der Waals surface area contributed by atoms with Crippen LogP contribution >= 0.6 is 23.2 Å². The van der Waals surface area contributed by atoms with Crippen LogP contribution in [0.4, 0.5) is 4.39 Å². The zero-order valence-corrected chi connectivity index (χ0v) is 22.3. The van der Waals surface area contributed by atoms with Crippen LogP contribution in [0.5, 0.6) is 0 Å². The van der Waals surface area contributed by atoms with E-state index in [1.807, 2.05) is 23.9 Å². The fraction of sp³-hybridized carbons (Fsp3) is 0.423. The molecule has 4 rings (SSSR count). The molecule has 0 aliphatic carbocycles. The van der Waals surface area contributed by atoms with Crippen molar-refractivity contribution < 1.29 is 9.23 Å². The number of unbranched alkanes of at least 4 members (excludes halogenated alkanes) is 1. The molecule has 3 aromatic heterocycles. The van der Waals surface area contributed by atoms with Gasteiger partial charge in [0.05, 0.1) is 11.2 Å². The lowest BCUT2D eigenvalue weighted by Gasteiger charge is -2.24. The highest BCUT2D eigenvalue weighted by Crippen LogP contribution is 2.35. The van der Waals surface area contributed by atoms with Gasteiger partial charge in [-0.25, -0.2) is 14.2 Å². The first-order valence-electron chi connectivity index (χ1n) is 12.1. The molecule has 10 heteroatoms. The van der Waals surface area contributed by atoms with E-state index in [1.165, 1.54) is 18.6 Å². The maximum atomic E-state index is 14.1. The molecule has 4 aromatic rings. The number of H-pyrrole nitrogens is 1. The van der Waals surface area contributed by atoms with Crippen LogP contribution in [0, 0.1) is 11.2 Å². The quantitative estimate of drug-likeness (QED) is 0.226. The summed E-state index contributed by atoms with van der Waals surface area (Å²) in [5, 5.41) is 4.67. The van der Waals surface area contributed by atoms with E-state index < -0.39 is 17.6 Å². The number of hydrogen-bond donors (Lipinski definition) is 1. The second-order valence-electron chi connectivity index (χ2n) is 9.77. The van der Waals surface area contributed by atoms with E-state index in [9.17, 15) is 9.18 Å². The highest BCUT2D eigenvalue weighted by atomic mass is 35.5. The highest BCUT2D eigenvalue weighted by Gasteiger charge is 2.24. The average Bonchev–Trinajstić information content (AvgIpc) is 3.42. The first-order valence-corrected chi connectivity index (χ1v) is 12.8. The van der Waals surface area contributed by atoms with Crippen molar-refractivity contribution in [3.8, 4) is 11.1 Å². The number of rotatable bonds is 10. The summed E-state index contributed by atoms with van der Waals surface area (Å²) in [6.07, 6.45) is 8.56. The van der Waals surface area contributed by atoms with Gasteiger partial charge >= 0.3 is 5.69 Å². The molecule has 0 aliphatic rings. The van der Waals surface area contributed by atoms with Crippen molar-refractivity contribution >= 4 is 34.4 Å². The van der Waals surface area contributed by atoms with E-state index >= 15 is 0 Å². The predicted molar refractivity (Wildman–Crippen MR) is 141 cm³/mol. The van der Waals surface area contributed by atoms with E-state index in [-0.39, 0.29) is 21.0 Å². The lowest BCUT2D eigenvalue weighted by molar-refractivity contribution is 0.0350. The molecule has 1 aromatic carbocycles. The maximum Gasteiger partial charge on any atom is 0.360 e. The van der Waals surface area contributed by atoms with Gasteiger partial charge in [0.25, 0.3) is 0 Å². The molecular weight excluding hydrogens is 504 g/mol. The Morgan fingerprint density at radius 3 is 2.69 bits per heavy atom. The third-order valence-corrected chi connectivity index (χ3v) is 6.98. The van der Waals surface area contributed by atoms with Gasteiger partial charge in [-0.1, -0.05) is 63.7 Å². The Hall–Kier alpha value is -2.84. The van der Waals surface area contributed by atoms with E-state index in [0.717, 1.165) is 35.2 Å². The third kappa shape index (κ3) is 5.44. The second kappa shape index (κ2) is 10.6. The molecule has 192 valence electrons. The molecule has 1 atom stereocenters. The third-order valence-electron chi connectivity index (χ3n) is 6.26. The average molecular weight is 534 g/mol. The van der Waals surface area contributed by atoms with E-state index in [1.54, 1.807) is 12.4 Å². The van der Waals surface area contributed by atoms with Gasteiger partial charge in [0.15, 0.2) is 11.8 Å². The van der Waals surface area contributed by atoms with Gasteiger partial charge in [0, 0.05) is 40.7 Å². The van der Waals surface area contributed by atoms with Gasteiger partial charge in [0.2, 0.25) is 0 Å². The lowest BCUT2D eigenvalue weighted by Crippen LogP contribution is -2.27. The van der Waals surface area contributed by atoms with Crippen LogP contribution in [-0.4, -0.2) is 24.5 Å². The number of nitrogens with zero attached hydrogens (tertiary/aromatic N) is 4. The maximum absolute atomic E-state index is 14.1. The number of halogens is 3. The molecule has 0 radical (unpaired) electrons. The minimum absolute atomic E-state index is 0.129. The van der Waals surface area contributed by atoms with Crippen LogP contribution < -0.4 is 10.5 Å². The zero-order chi connectivity index (χ0) is 26.0. The number of fused-ring (bicyclic) bond motifs is 1. The van der Waals surface area contributed by atoms with Crippen molar-refractivity contribution in [1.29, 1.82) is 0 Å². The Morgan fingerprint density at radius 1 is 1.19 bits per heavy atom. The minimum atomic E-state index is -0.755. The van der Waals surface area contributed by atoms with Crippen LogP contribution in [0.3, 0.4) is 0 Å². The first kappa shape index (κ1) is 26.2. The van der Waals surface area contributed by atoms with Crippen LogP contribution in [0.1, 0.15) is 65.0 Å². The Kier molecular flexibility index (Phi) is 7.76. The van der Waals surface area contributed by atoms with Gasteiger partial charge in [-0.05, 0) is 36.5 Å². The molecule has 0 aliphatic heterocycles. The molecule has 36 heavy (non-hydrogen) atoms. The van der Waals surface area contributed by atoms with E-state index in [2.05, 4.69) is 35.8 Å². The lowest BCUT2D eigenvalue weighted by atomic mass is 9.87. The Labute approximate surface area is 219 Å². The van der Waals surface area contributed by atoms with Crippen molar-refractivity contribution in [3.63, 3.8) is 0 Å². The monoisotopic (exact) mass is 533 g/mol. The zero-order valence-electron chi connectivity index (χ0n) is 20.8. The number of aromatic amines is 1. The van der Waals surface area contributed by atoms with Crippen LogP contribution in [0.15, 0.2) is 41.6 Å². The summed E-state index contributed by atoms with van der Waals surface area (Å²) < 4.78 is 17.2. The van der Waals surface area contributed by atoms with Gasteiger partial charge in [-0.15, -0.1) is 4.73 Å². The Balaban J connectivity index is 1.66. The summed E-state index contributed by atoms with van der Waals surface area (Å²) in [6, 6.07) is 4.42. The predicted octanol–water partition coefficient (Wildman–Crippen LogP) is 6.83. The molecule has 1 N–H and O–H groups in total. The van der Waals surface area contributed by atoms with Crippen LogP contribution in [0.2, 0.25) is 10.0 Å². The van der Waals surface area contributed by atoms with Gasteiger partial charge in [-0.3, -0.25) is 9.67 Å². The number of benzene rings is 1. The smallest absolute Gasteiger partial charge is 0.360 e. The number of hydrogen-bond acceptors (Lipinski definition) is 4. The summed E-state index contributed by atoms with van der Waals surface area (Å²) in [4.78, 5) is 25.9. The molecule has 0 saturated carbocycles. The number of aromatic nitrogens is 5. The fourth-order valence-electron chi connectivity index (χ4n) is 4.30. The summed E-state index contributed by atoms with van der Waals surface area (Å²) in [5.41, 5.74) is 2.37. The molecule has 0 saturated heterocycles. The SMILES string of the molecule is CCCCC(C)(C)Cn1cc(-c2cnc3[nH]c(=O)n(OC(CC)c4c(Cl)ccc(F)c4Cl)c3c2)cn1. The molecule has 0 spiro atoms. The first-order chi connectivity index (χ1) is 17.1. The topological polar surface area (TPSA) is 77.7 Å². The molecule has 0 bridgehead atoms. The Morgan fingerprint density at radius 2 is 1.97 bits per heavy atom. The molecule has 0 fully saturated rings. The summed E-state index contributed by atoms with van der Waals surface area (Å²) in [7, 11) is 0. The van der Waals surface area contributed by atoms with Crippen molar-refractivity contribution in [2.75, 3.05) is 0 Å². The van der Waals surface area contributed by atoms with Crippen LogP contribution in [-0.2, 0) is 6.54 Å². The number of pyridine rings is 1. The minimum Gasteiger partial charge on any atom is -0.401 e. The summed E-state index contributed by atoms with van der Waals surface area (Å²) >= 11 is 12.5. The molecular formula is C26H30Cl2FN5O2. The van der Waals surface area contributed by atoms with Crippen molar-refractivity contribution in [1.82, 2.24) is 24.5 Å². The van der Waals surface area contributed by atoms with Crippen LogP contribution in [0.25, 0.3) is 22.3 Å². The fourth-order valence-corrected chi connectivity index (χ4v) is 4.91. The Bertz CT molecular complexity index is 1430. The van der Waals surface area contributed by atoms with E-state index in [4.69, 9.17) is 28.0 Å². The van der Waals surface area contributed by atoms with Crippen molar-refractivity contribution in [3.05, 3.63) is 68.7 Å². The van der Waals surface area contributed by atoms with Gasteiger partial charge < -0.3 is 4.84 Å². The molecule has 3 heterocycles. The van der Waals surface area contributed by atoms with Crippen molar-refractivity contribution in [2.45, 2.75) is 66.0 Å². The normalized spacial score (nSPS) is 12.9. The summed E-state index contributed by atoms with van der Waals surface area (Å²) in [5.74, 6) is -0.608. The van der Waals surface area contributed by atoms with E-state index in [0.29, 0.717) is 17.6 Å². The van der Waals surface area contributed by atoms with Crippen molar-refractivity contribution in [2.24, 2.45) is 5.41 Å². The number of imidazole rings is 1. The molecule has 7 nitrogen and oxygen atoms in total. The highest BCUT2D eigenvalue weighted by molar-refractivity contribution is 6.36. The number of nitrogens with one attached hydrogen (secondary N) is 1. The largest absolute Gasteiger partial charge is 0.401 e. The molecule has 0 amide bonds. The van der Waals surface area contributed by atoms with Gasteiger partial charge in [-0.2, -0.15) is 5.10 Å². The molecule has 1 unspecified atom stereocenters. The standard InChI is InChI=1S/C26H30Cl2FN5O2/c1-5-7-10-26(3,4)15-33-14-17(13-31-33)16-11-20-24(30-12-16)32-25(35)34(20)36-21(6-2)22-18(27)8-9-19(29)23(22)28/h8-9,11-14,21H,5-7,10,15H2,1-4H3,(H,30,32,35). The summed E-state index contributed by atoms with van der Waals surface area (Å²) in [6.45, 7) is 9.32. The second-order valence-corrected chi connectivity index (χ2v) is 10.6.